The number of benzene rings is 1. The van der Waals surface area contributed by atoms with Gasteiger partial charge in [-0.1, -0.05) is 12.1 Å². The zero-order valence-electron chi connectivity index (χ0n) is 13.3. The first-order valence-electron chi connectivity index (χ1n) is 8.29. The van der Waals surface area contributed by atoms with Gasteiger partial charge in [-0.05, 0) is 31.9 Å². The average Bonchev–Trinajstić information content (AvgIpc) is 3.01. The number of fused-ring (bicyclic) bond motifs is 2. The van der Waals surface area contributed by atoms with Gasteiger partial charge in [0.1, 0.15) is 0 Å². The summed E-state index contributed by atoms with van der Waals surface area (Å²) in [5.41, 5.74) is 1.76. The Balaban J connectivity index is 1.62. The highest BCUT2D eigenvalue weighted by molar-refractivity contribution is 5.83. The molecule has 0 unspecified atom stereocenters. The third-order valence-corrected chi connectivity index (χ3v) is 5.18. The van der Waals surface area contributed by atoms with Crippen LogP contribution in [0.25, 0.3) is 10.9 Å². The summed E-state index contributed by atoms with van der Waals surface area (Å²) < 4.78 is 0. The van der Waals surface area contributed by atoms with Crippen LogP contribution in [0.2, 0.25) is 0 Å². The van der Waals surface area contributed by atoms with Crippen LogP contribution in [0.5, 0.6) is 0 Å². The summed E-state index contributed by atoms with van der Waals surface area (Å²) in [6.07, 6.45) is 2.19. The number of nitrogens with one attached hydrogen (secondary N) is 1. The predicted octanol–water partition coefficient (Wildman–Crippen LogP) is 1.72. The summed E-state index contributed by atoms with van der Waals surface area (Å²) in [5.74, 6) is 0.224. The highest BCUT2D eigenvalue weighted by Crippen LogP contribution is 2.26. The van der Waals surface area contributed by atoms with Crippen molar-refractivity contribution in [1.82, 2.24) is 14.8 Å². The van der Waals surface area contributed by atoms with Gasteiger partial charge in [-0.15, -0.1) is 0 Å². The van der Waals surface area contributed by atoms with E-state index in [9.17, 15) is 9.59 Å². The maximum absolute atomic E-state index is 12.5. The lowest BCUT2D eigenvalue weighted by molar-refractivity contribution is -0.143. The summed E-state index contributed by atoms with van der Waals surface area (Å²) in [7, 11) is 0. The SMILES string of the molecule is C[C@@H]1C(=O)N2CCC[C@@H]2CN1Cc1cc(=O)c2ccccc2[nH]1. The maximum atomic E-state index is 12.5. The van der Waals surface area contributed by atoms with Crippen LogP contribution in [0.3, 0.4) is 0 Å². The third-order valence-electron chi connectivity index (χ3n) is 5.18. The number of amides is 1. The fraction of sp³-hybridized carbons (Fsp3) is 0.444. The molecule has 5 nitrogen and oxygen atoms in total. The van der Waals surface area contributed by atoms with Crippen molar-refractivity contribution < 1.29 is 4.79 Å². The average molecular weight is 311 g/mol. The Bertz CT molecular complexity index is 813. The number of hydrogen-bond donors (Lipinski definition) is 1. The second-order valence-electron chi connectivity index (χ2n) is 6.64. The summed E-state index contributed by atoms with van der Waals surface area (Å²) in [6, 6.07) is 9.43. The summed E-state index contributed by atoms with van der Waals surface area (Å²) >= 11 is 0. The fourth-order valence-electron chi connectivity index (χ4n) is 3.90. The molecule has 1 amide bonds. The lowest BCUT2D eigenvalue weighted by Gasteiger charge is -2.41. The molecule has 2 aromatic rings. The van der Waals surface area contributed by atoms with E-state index in [4.69, 9.17) is 0 Å². The molecule has 4 rings (SSSR count). The Hall–Kier alpha value is -2.14. The second kappa shape index (κ2) is 5.49. The monoisotopic (exact) mass is 311 g/mol. The van der Waals surface area contributed by atoms with Gasteiger partial charge in [0.15, 0.2) is 5.43 Å². The highest BCUT2D eigenvalue weighted by Gasteiger charge is 2.40. The van der Waals surface area contributed by atoms with Gasteiger partial charge in [0.25, 0.3) is 0 Å². The van der Waals surface area contributed by atoms with Crippen molar-refractivity contribution in [3.05, 3.63) is 46.2 Å². The maximum Gasteiger partial charge on any atom is 0.239 e. The normalized spacial score (nSPS) is 25.1. The Morgan fingerprint density at radius 2 is 2.09 bits per heavy atom. The molecule has 2 aliphatic heterocycles. The summed E-state index contributed by atoms with van der Waals surface area (Å²) in [4.78, 5) is 32.3. The van der Waals surface area contributed by atoms with E-state index in [1.165, 1.54) is 0 Å². The van der Waals surface area contributed by atoms with E-state index in [1.54, 1.807) is 6.07 Å². The minimum Gasteiger partial charge on any atom is -0.357 e. The van der Waals surface area contributed by atoms with Crippen LogP contribution in [0, 0.1) is 0 Å². The zero-order valence-corrected chi connectivity index (χ0v) is 13.3. The van der Waals surface area contributed by atoms with Crippen molar-refractivity contribution in [3.63, 3.8) is 0 Å². The molecule has 1 aromatic heterocycles. The molecule has 0 radical (unpaired) electrons. The molecule has 3 heterocycles. The van der Waals surface area contributed by atoms with Gasteiger partial charge in [0.2, 0.25) is 5.91 Å². The molecular formula is C18H21N3O2. The van der Waals surface area contributed by atoms with E-state index >= 15 is 0 Å². The topological polar surface area (TPSA) is 56.4 Å². The van der Waals surface area contributed by atoms with Crippen LogP contribution < -0.4 is 5.43 Å². The number of rotatable bonds is 2. The largest absolute Gasteiger partial charge is 0.357 e. The third kappa shape index (κ3) is 2.45. The van der Waals surface area contributed by atoms with Gasteiger partial charge in [0.05, 0.1) is 6.04 Å². The molecule has 2 fully saturated rings. The van der Waals surface area contributed by atoms with Crippen LogP contribution in [-0.4, -0.2) is 45.9 Å². The van der Waals surface area contributed by atoms with Crippen LogP contribution in [0.4, 0.5) is 0 Å². The van der Waals surface area contributed by atoms with Crippen molar-refractivity contribution >= 4 is 16.8 Å². The van der Waals surface area contributed by atoms with E-state index in [0.29, 0.717) is 18.0 Å². The number of carbonyl (C=O) groups excluding carboxylic acids is 1. The van der Waals surface area contributed by atoms with Gasteiger partial charge in [-0.25, -0.2) is 0 Å². The molecule has 0 saturated carbocycles. The molecule has 2 atom stereocenters. The van der Waals surface area contributed by atoms with Crippen molar-refractivity contribution in [2.75, 3.05) is 13.1 Å². The Morgan fingerprint density at radius 3 is 2.96 bits per heavy atom. The molecule has 1 N–H and O–H groups in total. The Labute approximate surface area is 134 Å². The first kappa shape index (κ1) is 14.5. The van der Waals surface area contributed by atoms with Crippen molar-refractivity contribution in [2.45, 2.75) is 38.4 Å². The number of hydrogen-bond acceptors (Lipinski definition) is 3. The van der Waals surface area contributed by atoms with E-state index in [0.717, 1.165) is 37.1 Å². The fourth-order valence-corrected chi connectivity index (χ4v) is 3.90. The van der Waals surface area contributed by atoms with Gasteiger partial charge in [-0.2, -0.15) is 0 Å². The standard InChI is InChI=1S/C18H21N3O2/c1-12-18(23)21-8-4-5-14(21)11-20(12)10-13-9-17(22)15-6-2-3-7-16(15)19-13/h2-3,6-7,9,12,14H,4-5,8,10-11H2,1H3,(H,19,22)/t12-,14-/m1/s1. The molecule has 0 spiro atoms. The smallest absolute Gasteiger partial charge is 0.239 e. The predicted molar refractivity (Wildman–Crippen MR) is 89.2 cm³/mol. The molecule has 23 heavy (non-hydrogen) atoms. The molecule has 5 heteroatoms. The molecule has 120 valence electrons. The van der Waals surface area contributed by atoms with Crippen LogP contribution in [0.15, 0.2) is 35.1 Å². The molecular weight excluding hydrogens is 290 g/mol. The van der Waals surface area contributed by atoms with E-state index in [1.807, 2.05) is 36.1 Å². The van der Waals surface area contributed by atoms with Crippen LogP contribution in [-0.2, 0) is 11.3 Å². The van der Waals surface area contributed by atoms with Gasteiger partial charge < -0.3 is 9.88 Å². The number of nitrogens with zero attached hydrogens (tertiary/aromatic N) is 2. The van der Waals surface area contributed by atoms with Gasteiger partial charge in [0, 0.05) is 48.3 Å². The van der Waals surface area contributed by atoms with Crippen molar-refractivity contribution in [2.24, 2.45) is 0 Å². The molecule has 0 aliphatic carbocycles. The van der Waals surface area contributed by atoms with Gasteiger partial charge >= 0.3 is 0 Å². The molecule has 2 aliphatic rings. The number of para-hydroxylation sites is 1. The van der Waals surface area contributed by atoms with Crippen LogP contribution in [0.1, 0.15) is 25.5 Å². The lowest BCUT2D eigenvalue weighted by atomic mass is 10.1. The first-order valence-corrected chi connectivity index (χ1v) is 8.29. The number of H-pyrrole nitrogens is 1. The van der Waals surface area contributed by atoms with E-state index < -0.39 is 0 Å². The quantitative estimate of drug-likeness (QED) is 0.919. The van der Waals surface area contributed by atoms with E-state index in [2.05, 4.69) is 9.88 Å². The number of carbonyl (C=O) groups is 1. The first-order chi connectivity index (χ1) is 11.1. The second-order valence-corrected chi connectivity index (χ2v) is 6.64. The molecule has 0 bridgehead atoms. The summed E-state index contributed by atoms with van der Waals surface area (Å²) in [6.45, 7) is 4.36. The number of aromatic amines is 1. The minimum atomic E-state index is -0.126. The van der Waals surface area contributed by atoms with E-state index in [-0.39, 0.29) is 17.4 Å². The molecule has 1 aromatic carbocycles. The number of piperazine rings is 1. The number of pyridine rings is 1. The zero-order chi connectivity index (χ0) is 16.0. The highest BCUT2D eigenvalue weighted by atomic mass is 16.2. The Kier molecular flexibility index (Phi) is 3.45. The van der Waals surface area contributed by atoms with Crippen LogP contribution >= 0.6 is 0 Å². The summed E-state index contributed by atoms with van der Waals surface area (Å²) in [5, 5.41) is 0.709. The lowest BCUT2D eigenvalue weighted by Crippen LogP contribution is -2.58. The minimum absolute atomic E-state index is 0.0350. The molecule has 2 saturated heterocycles. The van der Waals surface area contributed by atoms with Gasteiger partial charge in [-0.3, -0.25) is 14.5 Å². The van der Waals surface area contributed by atoms with Crippen molar-refractivity contribution in [1.29, 1.82) is 0 Å². The van der Waals surface area contributed by atoms with Crippen molar-refractivity contribution in [3.8, 4) is 0 Å². The number of aromatic nitrogens is 1. The Morgan fingerprint density at radius 1 is 1.26 bits per heavy atom.